The fourth-order valence-corrected chi connectivity index (χ4v) is 3.09. The Kier molecular flexibility index (Phi) is 6.01. The van der Waals surface area contributed by atoms with Crippen LogP contribution in [0.3, 0.4) is 0 Å². The summed E-state index contributed by atoms with van der Waals surface area (Å²) in [5, 5.41) is 3.05. The van der Waals surface area contributed by atoms with Gasteiger partial charge in [0.1, 0.15) is 17.5 Å². The molecule has 152 valence electrons. The number of esters is 1. The minimum absolute atomic E-state index is 0.00758. The SMILES string of the molecule is CCOC(=O)c1ccc(N[C@@H]2CC(=O)N(c3ccc(OC)cc3OC)C2=O)cc1. The van der Waals surface area contributed by atoms with Crippen molar-refractivity contribution < 1.29 is 28.6 Å². The summed E-state index contributed by atoms with van der Waals surface area (Å²) >= 11 is 0. The lowest BCUT2D eigenvalue weighted by Crippen LogP contribution is -2.35. The van der Waals surface area contributed by atoms with E-state index < -0.39 is 12.0 Å². The molecule has 1 atom stereocenters. The summed E-state index contributed by atoms with van der Waals surface area (Å²) in [5.41, 5.74) is 1.40. The van der Waals surface area contributed by atoms with E-state index in [0.717, 1.165) is 4.90 Å². The van der Waals surface area contributed by atoms with Crippen LogP contribution in [0.2, 0.25) is 0 Å². The van der Waals surface area contributed by atoms with E-state index in [2.05, 4.69) is 5.32 Å². The summed E-state index contributed by atoms with van der Waals surface area (Å²) < 4.78 is 15.4. The Labute approximate surface area is 168 Å². The van der Waals surface area contributed by atoms with Crippen molar-refractivity contribution in [1.82, 2.24) is 0 Å². The maximum absolute atomic E-state index is 12.9. The molecule has 1 heterocycles. The van der Waals surface area contributed by atoms with Gasteiger partial charge >= 0.3 is 5.97 Å². The van der Waals surface area contributed by atoms with Gasteiger partial charge in [0.25, 0.3) is 5.91 Å². The van der Waals surface area contributed by atoms with E-state index in [4.69, 9.17) is 14.2 Å². The molecular formula is C21H22N2O6. The van der Waals surface area contributed by atoms with Crippen LogP contribution in [-0.2, 0) is 14.3 Å². The Balaban J connectivity index is 1.76. The predicted molar refractivity (Wildman–Crippen MR) is 106 cm³/mol. The molecule has 0 spiro atoms. The van der Waals surface area contributed by atoms with Crippen LogP contribution in [0.15, 0.2) is 42.5 Å². The fourth-order valence-electron chi connectivity index (χ4n) is 3.09. The van der Waals surface area contributed by atoms with Gasteiger partial charge in [0.2, 0.25) is 5.91 Å². The highest BCUT2D eigenvalue weighted by Crippen LogP contribution is 2.35. The van der Waals surface area contributed by atoms with E-state index in [1.54, 1.807) is 49.4 Å². The topological polar surface area (TPSA) is 94.2 Å². The summed E-state index contributed by atoms with van der Waals surface area (Å²) in [6, 6.07) is 10.7. The first-order chi connectivity index (χ1) is 14.0. The first kappa shape index (κ1) is 20.2. The van der Waals surface area contributed by atoms with Crippen LogP contribution in [0.5, 0.6) is 11.5 Å². The number of rotatable bonds is 7. The molecule has 0 saturated carbocycles. The second-order valence-corrected chi connectivity index (χ2v) is 6.30. The third-order valence-corrected chi connectivity index (χ3v) is 4.51. The summed E-state index contributed by atoms with van der Waals surface area (Å²) in [4.78, 5) is 38.3. The van der Waals surface area contributed by atoms with Gasteiger partial charge in [0, 0.05) is 11.8 Å². The summed E-state index contributed by atoms with van der Waals surface area (Å²) in [7, 11) is 2.98. The number of amides is 2. The number of anilines is 2. The van der Waals surface area contributed by atoms with Gasteiger partial charge in [0.15, 0.2) is 0 Å². The third kappa shape index (κ3) is 4.16. The number of imide groups is 1. The smallest absolute Gasteiger partial charge is 0.338 e. The summed E-state index contributed by atoms with van der Waals surface area (Å²) in [6.45, 7) is 2.03. The molecule has 1 aliphatic rings. The van der Waals surface area contributed by atoms with E-state index in [1.807, 2.05) is 0 Å². The Morgan fingerprint density at radius 2 is 1.83 bits per heavy atom. The van der Waals surface area contributed by atoms with Crippen LogP contribution in [0, 0.1) is 0 Å². The first-order valence-electron chi connectivity index (χ1n) is 9.11. The number of methoxy groups -OCH3 is 2. The average Bonchev–Trinajstić information content (AvgIpc) is 3.01. The Bertz CT molecular complexity index is 925. The van der Waals surface area contributed by atoms with Crippen molar-refractivity contribution in [3.8, 4) is 11.5 Å². The van der Waals surface area contributed by atoms with Crippen molar-refractivity contribution in [2.75, 3.05) is 31.0 Å². The number of ether oxygens (including phenoxy) is 3. The van der Waals surface area contributed by atoms with Gasteiger partial charge in [-0.15, -0.1) is 0 Å². The Morgan fingerprint density at radius 3 is 2.45 bits per heavy atom. The molecule has 8 heteroatoms. The molecule has 2 aromatic rings. The Hall–Kier alpha value is -3.55. The number of carbonyl (C=O) groups excluding carboxylic acids is 3. The largest absolute Gasteiger partial charge is 0.497 e. The van der Waals surface area contributed by atoms with E-state index in [1.165, 1.54) is 14.2 Å². The molecule has 0 bridgehead atoms. The van der Waals surface area contributed by atoms with Crippen molar-refractivity contribution in [2.45, 2.75) is 19.4 Å². The zero-order valence-corrected chi connectivity index (χ0v) is 16.4. The van der Waals surface area contributed by atoms with Crippen LogP contribution in [0.1, 0.15) is 23.7 Å². The lowest BCUT2D eigenvalue weighted by atomic mass is 10.2. The first-order valence-corrected chi connectivity index (χ1v) is 9.11. The Morgan fingerprint density at radius 1 is 1.10 bits per heavy atom. The normalized spacial score (nSPS) is 16.0. The van der Waals surface area contributed by atoms with Crippen LogP contribution >= 0.6 is 0 Å². The van der Waals surface area contributed by atoms with E-state index >= 15 is 0 Å². The van der Waals surface area contributed by atoms with Gasteiger partial charge < -0.3 is 19.5 Å². The molecule has 2 aromatic carbocycles. The highest BCUT2D eigenvalue weighted by Gasteiger charge is 2.40. The van der Waals surface area contributed by atoms with Crippen LogP contribution < -0.4 is 19.7 Å². The number of nitrogens with zero attached hydrogens (tertiary/aromatic N) is 1. The van der Waals surface area contributed by atoms with E-state index in [9.17, 15) is 14.4 Å². The van der Waals surface area contributed by atoms with Gasteiger partial charge in [-0.05, 0) is 43.3 Å². The second kappa shape index (κ2) is 8.64. The lowest BCUT2D eigenvalue weighted by Gasteiger charge is -2.19. The zero-order valence-electron chi connectivity index (χ0n) is 16.4. The zero-order chi connectivity index (χ0) is 21.0. The number of benzene rings is 2. The van der Waals surface area contributed by atoms with Crippen molar-refractivity contribution in [2.24, 2.45) is 0 Å². The molecule has 29 heavy (non-hydrogen) atoms. The quantitative estimate of drug-likeness (QED) is 0.566. The molecule has 8 nitrogen and oxygen atoms in total. The molecule has 0 aliphatic carbocycles. The molecule has 0 radical (unpaired) electrons. The minimum atomic E-state index is -0.720. The monoisotopic (exact) mass is 398 g/mol. The van der Waals surface area contributed by atoms with Crippen molar-refractivity contribution in [3.63, 3.8) is 0 Å². The highest BCUT2D eigenvalue weighted by molar-refractivity contribution is 6.23. The highest BCUT2D eigenvalue weighted by atomic mass is 16.5. The fraction of sp³-hybridized carbons (Fsp3) is 0.286. The predicted octanol–water partition coefficient (Wildman–Crippen LogP) is 2.62. The van der Waals surface area contributed by atoms with Gasteiger partial charge in [-0.25, -0.2) is 9.69 Å². The molecule has 2 amide bonds. The van der Waals surface area contributed by atoms with Crippen molar-refractivity contribution >= 4 is 29.2 Å². The summed E-state index contributed by atoms with van der Waals surface area (Å²) in [6.07, 6.45) is 0.00758. The van der Waals surface area contributed by atoms with Crippen molar-refractivity contribution in [1.29, 1.82) is 0 Å². The molecular weight excluding hydrogens is 376 g/mol. The van der Waals surface area contributed by atoms with Gasteiger partial charge in [-0.1, -0.05) is 0 Å². The summed E-state index contributed by atoms with van der Waals surface area (Å²) in [5.74, 6) is -0.206. The number of carbonyl (C=O) groups is 3. The number of hydrogen-bond acceptors (Lipinski definition) is 7. The van der Waals surface area contributed by atoms with Crippen LogP contribution in [0.25, 0.3) is 0 Å². The molecule has 0 aromatic heterocycles. The number of hydrogen-bond donors (Lipinski definition) is 1. The maximum Gasteiger partial charge on any atom is 0.338 e. The van der Waals surface area contributed by atoms with Gasteiger partial charge in [0.05, 0.1) is 38.5 Å². The van der Waals surface area contributed by atoms with Gasteiger partial charge in [-0.2, -0.15) is 0 Å². The standard InChI is InChI=1S/C21H22N2O6/c1-4-29-21(26)13-5-7-14(8-6-13)22-16-12-19(24)23(20(16)25)17-10-9-15(27-2)11-18(17)28-3/h5-11,16,22H,4,12H2,1-3H3/t16-/m1/s1. The lowest BCUT2D eigenvalue weighted by molar-refractivity contribution is -0.121. The second-order valence-electron chi connectivity index (χ2n) is 6.30. The molecule has 1 aliphatic heterocycles. The van der Waals surface area contributed by atoms with E-state index in [0.29, 0.717) is 35.0 Å². The molecule has 1 N–H and O–H groups in total. The van der Waals surface area contributed by atoms with Gasteiger partial charge in [-0.3, -0.25) is 9.59 Å². The molecule has 1 fully saturated rings. The molecule has 0 unspecified atom stereocenters. The maximum atomic E-state index is 12.9. The van der Waals surface area contributed by atoms with Crippen LogP contribution in [0.4, 0.5) is 11.4 Å². The van der Waals surface area contributed by atoms with Crippen molar-refractivity contribution in [3.05, 3.63) is 48.0 Å². The molecule has 3 rings (SSSR count). The van der Waals surface area contributed by atoms with Crippen LogP contribution in [-0.4, -0.2) is 44.7 Å². The minimum Gasteiger partial charge on any atom is -0.497 e. The van der Waals surface area contributed by atoms with E-state index in [-0.39, 0.29) is 18.2 Å². The third-order valence-electron chi connectivity index (χ3n) is 4.51. The molecule has 1 saturated heterocycles. The average molecular weight is 398 g/mol. The number of nitrogens with one attached hydrogen (secondary N) is 1.